The van der Waals surface area contributed by atoms with Gasteiger partial charge in [-0.1, -0.05) is 65.1 Å². The monoisotopic (exact) mass is 595 g/mol. The fourth-order valence-corrected chi connectivity index (χ4v) is 5.69. The average molecular weight is 597 g/mol. The first-order valence-corrected chi connectivity index (χ1v) is 14.3. The van der Waals surface area contributed by atoms with E-state index in [0.29, 0.717) is 10.6 Å². The van der Waals surface area contributed by atoms with Crippen molar-refractivity contribution in [2.75, 3.05) is 10.8 Å². The highest BCUT2D eigenvalue weighted by Gasteiger charge is 2.33. The van der Waals surface area contributed by atoms with Crippen molar-refractivity contribution >= 4 is 62.3 Å². The lowest BCUT2D eigenvalue weighted by Gasteiger charge is -2.32. The Labute approximate surface area is 238 Å². The van der Waals surface area contributed by atoms with E-state index in [4.69, 9.17) is 34.8 Å². The Hall–Kier alpha value is -2.78. The lowest BCUT2D eigenvalue weighted by molar-refractivity contribution is -0.139. The van der Waals surface area contributed by atoms with E-state index in [2.05, 4.69) is 5.32 Å². The van der Waals surface area contributed by atoms with Crippen LogP contribution >= 0.6 is 34.8 Å². The van der Waals surface area contributed by atoms with E-state index in [-0.39, 0.29) is 39.1 Å². The van der Waals surface area contributed by atoms with Crippen LogP contribution in [0.5, 0.6) is 0 Å². The van der Waals surface area contributed by atoms with Gasteiger partial charge in [-0.15, -0.1) is 0 Å². The van der Waals surface area contributed by atoms with Crippen molar-refractivity contribution in [3.63, 3.8) is 0 Å². The van der Waals surface area contributed by atoms with Crippen molar-refractivity contribution < 1.29 is 18.0 Å². The Morgan fingerprint density at radius 3 is 2.08 bits per heavy atom. The normalized spacial score (nSPS) is 12.2. The molecule has 0 aromatic heterocycles. The topological polar surface area (TPSA) is 86.8 Å². The van der Waals surface area contributed by atoms with Gasteiger partial charge < -0.3 is 10.2 Å². The number of halogens is 3. The largest absolute Gasteiger partial charge is 0.352 e. The SMILES string of the molecule is CC(C)NC(=O)[C@H](C)N(Cc1ccc(Cl)cc1)C(=O)CN(c1cc(Cl)ccc1Cl)S(=O)(=O)c1ccccc1. The summed E-state index contributed by atoms with van der Waals surface area (Å²) in [4.78, 5) is 28.1. The van der Waals surface area contributed by atoms with Gasteiger partial charge in [-0.3, -0.25) is 13.9 Å². The molecule has 38 heavy (non-hydrogen) atoms. The molecule has 0 spiro atoms. The van der Waals surface area contributed by atoms with Gasteiger partial charge in [-0.05, 0) is 68.8 Å². The smallest absolute Gasteiger partial charge is 0.264 e. The second kappa shape index (κ2) is 12.8. The number of hydrogen-bond acceptors (Lipinski definition) is 4. The molecule has 0 saturated carbocycles. The number of anilines is 1. The number of benzene rings is 3. The summed E-state index contributed by atoms with van der Waals surface area (Å²) >= 11 is 18.6. The number of rotatable bonds is 10. The van der Waals surface area contributed by atoms with Gasteiger partial charge in [0.2, 0.25) is 11.8 Å². The number of carbonyl (C=O) groups is 2. The molecule has 0 heterocycles. The first-order valence-electron chi connectivity index (χ1n) is 11.8. The van der Waals surface area contributed by atoms with Crippen LogP contribution < -0.4 is 9.62 Å². The molecule has 3 rings (SSSR count). The lowest BCUT2D eigenvalue weighted by Crippen LogP contribution is -2.52. The van der Waals surface area contributed by atoms with E-state index >= 15 is 0 Å². The van der Waals surface area contributed by atoms with Crippen LogP contribution in [0.25, 0.3) is 0 Å². The molecular formula is C27H28Cl3N3O4S. The first kappa shape index (κ1) is 29.8. The molecule has 0 unspecified atom stereocenters. The molecule has 1 atom stereocenters. The Morgan fingerprint density at radius 1 is 0.868 bits per heavy atom. The second-order valence-electron chi connectivity index (χ2n) is 8.91. The van der Waals surface area contributed by atoms with Crippen LogP contribution in [0.4, 0.5) is 5.69 Å². The maximum Gasteiger partial charge on any atom is 0.264 e. The Morgan fingerprint density at radius 2 is 1.47 bits per heavy atom. The summed E-state index contributed by atoms with van der Waals surface area (Å²) in [6, 6.07) is 17.8. The number of nitrogens with one attached hydrogen (secondary N) is 1. The summed E-state index contributed by atoms with van der Waals surface area (Å²) in [6.45, 7) is 4.64. The van der Waals surface area contributed by atoms with E-state index in [9.17, 15) is 18.0 Å². The van der Waals surface area contributed by atoms with Gasteiger partial charge in [0.05, 0.1) is 15.6 Å². The second-order valence-corrected chi connectivity index (χ2v) is 12.1. The molecule has 3 aromatic carbocycles. The summed E-state index contributed by atoms with van der Waals surface area (Å²) in [5, 5.41) is 3.66. The third kappa shape index (κ3) is 7.41. The molecule has 0 aliphatic heterocycles. The maximum atomic E-state index is 13.8. The van der Waals surface area contributed by atoms with Gasteiger partial charge in [0.25, 0.3) is 10.0 Å². The van der Waals surface area contributed by atoms with Crippen molar-refractivity contribution in [3.05, 3.63) is 93.4 Å². The standard InChI is InChI=1S/C27H28Cl3N3O4S/c1-18(2)31-27(35)19(3)32(16-20-9-11-21(28)12-10-20)26(34)17-33(25-15-22(29)13-14-24(25)30)38(36,37)23-7-5-4-6-8-23/h4-15,18-19H,16-17H2,1-3H3,(H,31,35)/t19-/m0/s1. The minimum absolute atomic E-state index is 0.0290. The molecule has 7 nitrogen and oxygen atoms in total. The molecular weight excluding hydrogens is 569 g/mol. The molecule has 1 N–H and O–H groups in total. The summed E-state index contributed by atoms with van der Waals surface area (Å²) in [6.07, 6.45) is 0. The van der Waals surface area contributed by atoms with E-state index < -0.39 is 28.5 Å². The van der Waals surface area contributed by atoms with Crippen LogP contribution in [-0.2, 0) is 26.2 Å². The van der Waals surface area contributed by atoms with E-state index in [1.807, 2.05) is 13.8 Å². The molecule has 0 radical (unpaired) electrons. The number of nitrogens with zero attached hydrogens (tertiary/aromatic N) is 2. The zero-order valence-electron chi connectivity index (χ0n) is 21.1. The highest BCUT2D eigenvalue weighted by molar-refractivity contribution is 7.92. The van der Waals surface area contributed by atoms with Crippen molar-refractivity contribution in [2.24, 2.45) is 0 Å². The van der Waals surface area contributed by atoms with Crippen molar-refractivity contribution in [1.82, 2.24) is 10.2 Å². The van der Waals surface area contributed by atoms with Crippen LogP contribution in [0.3, 0.4) is 0 Å². The summed E-state index contributed by atoms with van der Waals surface area (Å²) < 4.78 is 28.4. The van der Waals surface area contributed by atoms with Crippen LogP contribution in [0.15, 0.2) is 77.7 Å². The number of amides is 2. The van der Waals surface area contributed by atoms with Gasteiger partial charge >= 0.3 is 0 Å². The summed E-state index contributed by atoms with van der Waals surface area (Å²) in [5.41, 5.74) is 0.757. The minimum atomic E-state index is -4.24. The Kier molecular flexibility index (Phi) is 10.1. The lowest BCUT2D eigenvalue weighted by atomic mass is 10.1. The summed E-state index contributed by atoms with van der Waals surface area (Å²) in [5.74, 6) is -0.984. The number of hydrogen-bond donors (Lipinski definition) is 1. The van der Waals surface area contributed by atoms with Crippen molar-refractivity contribution in [1.29, 1.82) is 0 Å². The predicted octanol–water partition coefficient (Wildman–Crippen LogP) is 5.78. The summed E-state index contributed by atoms with van der Waals surface area (Å²) in [7, 11) is -4.24. The Bertz CT molecular complexity index is 1380. The zero-order valence-corrected chi connectivity index (χ0v) is 24.2. The number of sulfonamides is 1. The van der Waals surface area contributed by atoms with Crippen LogP contribution in [-0.4, -0.2) is 43.8 Å². The molecule has 0 bridgehead atoms. The van der Waals surface area contributed by atoms with Gasteiger partial charge in [-0.25, -0.2) is 8.42 Å². The zero-order chi connectivity index (χ0) is 28.0. The Balaban J connectivity index is 2.06. The fourth-order valence-electron chi connectivity index (χ4n) is 3.68. The fraction of sp³-hybridized carbons (Fsp3) is 0.259. The van der Waals surface area contributed by atoms with Crippen molar-refractivity contribution in [3.8, 4) is 0 Å². The van der Waals surface area contributed by atoms with Crippen LogP contribution in [0, 0.1) is 0 Å². The molecule has 2 amide bonds. The third-order valence-corrected chi connectivity index (χ3v) is 8.23. The van der Waals surface area contributed by atoms with Crippen molar-refractivity contribution in [2.45, 2.75) is 44.3 Å². The molecule has 0 aliphatic carbocycles. The van der Waals surface area contributed by atoms with Gasteiger partial charge in [-0.2, -0.15) is 0 Å². The predicted molar refractivity (Wildman–Crippen MR) is 152 cm³/mol. The van der Waals surface area contributed by atoms with E-state index in [1.54, 1.807) is 49.4 Å². The minimum Gasteiger partial charge on any atom is -0.352 e. The first-order chi connectivity index (χ1) is 17.9. The average Bonchev–Trinajstić information content (AvgIpc) is 2.88. The van der Waals surface area contributed by atoms with E-state index in [0.717, 1.165) is 4.31 Å². The van der Waals surface area contributed by atoms with Gasteiger partial charge in [0.1, 0.15) is 12.6 Å². The highest BCUT2D eigenvalue weighted by atomic mass is 35.5. The molecule has 0 aliphatic rings. The third-order valence-electron chi connectivity index (χ3n) is 5.65. The quantitative estimate of drug-likeness (QED) is 0.321. The molecule has 0 fully saturated rings. The van der Waals surface area contributed by atoms with Crippen LogP contribution in [0.1, 0.15) is 26.3 Å². The van der Waals surface area contributed by atoms with Crippen LogP contribution in [0.2, 0.25) is 15.1 Å². The number of carbonyl (C=O) groups excluding carboxylic acids is 2. The molecule has 3 aromatic rings. The molecule has 0 saturated heterocycles. The maximum absolute atomic E-state index is 13.8. The van der Waals surface area contributed by atoms with E-state index in [1.165, 1.54) is 35.2 Å². The molecule has 11 heteroatoms. The molecule has 202 valence electrons. The van der Waals surface area contributed by atoms with Gasteiger partial charge in [0.15, 0.2) is 0 Å². The van der Waals surface area contributed by atoms with Gasteiger partial charge in [0, 0.05) is 22.6 Å². The highest BCUT2D eigenvalue weighted by Crippen LogP contribution is 2.33.